The summed E-state index contributed by atoms with van der Waals surface area (Å²) >= 11 is 0. The molecule has 6 nitrogen and oxygen atoms in total. The van der Waals surface area contributed by atoms with Crippen LogP contribution in [0.5, 0.6) is 17.2 Å². The molecule has 0 aliphatic heterocycles. The van der Waals surface area contributed by atoms with Crippen molar-refractivity contribution in [1.29, 1.82) is 0 Å². The van der Waals surface area contributed by atoms with Gasteiger partial charge in [-0.25, -0.2) is 8.78 Å². The third-order valence-electron chi connectivity index (χ3n) is 4.25. The number of hydrogen-bond acceptors (Lipinski definition) is 4. The molecule has 0 aromatic heterocycles. The Kier molecular flexibility index (Phi) is 7.16. The standard InChI is InChI=1S/C23H20F2N2O4/c1-30-20-4-2-3-5-21(20)31-17-9-7-16(8-10-17)27-22(28)12-13-26-23(29)18-11-6-15(24)14-19(18)25/h2-11,14H,12-13H2,1H3,(H,26,29)(H,27,28). The zero-order valence-corrected chi connectivity index (χ0v) is 16.7. The average Bonchev–Trinajstić information content (AvgIpc) is 2.75. The van der Waals surface area contributed by atoms with Gasteiger partial charge in [0, 0.05) is 24.7 Å². The molecule has 0 aliphatic carbocycles. The Balaban J connectivity index is 1.47. The number of methoxy groups -OCH3 is 1. The predicted molar refractivity (Wildman–Crippen MR) is 111 cm³/mol. The molecule has 0 saturated heterocycles. The fourth-order valence-corrected chi connectivity index (χ4v) is 2.72. The van der Waals surface area contributed by atoms with Gasteiger partial charge in [0.25, 0.3) is 5.91 Å². The van der Waals surface area contributed by atoms with Crippen LogP contribution >= 0.6 is 0 Å². The second-order valence-electron chi connectivity index (χ2n) is 6.46. The second-order valence-corrected chi connectivity index (χ2v) is 6.46. The Morgan fingerprint density at radius 2 is 1.65 bits per heavy atom. The summed E-state index contributed by atoms with van der Waals surface area (Å²) in [6.07, 6.45) is -0.0198. The minimum atomic E-state index is -0.961. The van der Waals surface area contributed by atoms with Crippen molar-refractivity contribution in [2.75, 3.05) is 19.0 Å². The first-order chi connectivity index (χ1) is 15.0. The molecule has 0 atom stereocenters. The molecule has 31 heavy (non-hydrogen) atoms. The van der Waals surface area contributed by atoms with E-state index in [-0.39, 0.29) is 24.4 Å². The maximum atomic E-state index is 13.6. The number of benzene rings is 3. The third kappa shape index (κ3) is 6.02. The van der Waals surface area contributed by atoms with Gasteiger partial charge < -0.3 is 20.1 Å². The summed E-state index contributed by atoms with van der Waals surface area (Å²) in [7, 11) is 1.55. The molecule has 3 rings (SSSR count). The molecule has 0 bridgehead atoms. The Labute approximate surface area is 177 Å². The molecule has 0 unspecified atom stereocenters. The number of para-hydroxylation sites is 2. The summed E-state index contributed by atoms with van der Waals surface area (Å²) in [4.78, 5) is 24.0. The lowest BCUT2D eigenvalue weighted by Crippen LogP contribution is -2.28. The lowest BCUT2D eigenvalue weighted by molar-refractivity contribution is -0.116. The van der Waals surface area contributed by atoms with Crippen molar-refractivity contribution >= 4 is 17.5 Å². The van der Waals surface area contributed by atoms with Crippen molar-refractivity contribution in [3.05, 3.63) is 83.9 Å². The summed E-state index contributed by atoms with van der Waals surface area (Å²) in [6, 6.07) is 16.6. The number of carbonyl (C=O) groups is 2. The molecule has 0 spiro atoms. The Morgan fingerprint density at radius 3 is 2.32 bits per heavy atom. The first kappa shape index (κ1) is 21.8. The highest BCUT2D eigenvalue weighted by atomic mass is 19.1. The van der Waals surface area contributed by atoms with E-state index in [9.17, 15) is 18.4 Å². The molecule has 2 amide bonds. The number of hydrogen-bond donors (Lipinski definition) is 2. The fourth-order valence-electron chi connectivity index (χ4n) is 2.72. The largest absolute Gasteiger partial charge is 0.493 e. The van der Waals surface area contributed by atoms with Gasteiger partial charge >= 0.3 is 0 Å². The van der Waals surface area contributed by atoms with Crippen molar-refractivity contribution in [1.82, 2.24) is 5.32 Å². The molecule has 3 aromatic rings. The van der Waals surface area contributed by atoms with Crippen LogP contribution in [0, 0.1) is 11.6 Å². The van der Waals surface area contributed by atoms with E-state index in [4.69, 9.17) is 9.47 Å². The number of halogens is 2. The maximum Gasteiger partial charge on any atom is 0.254 e. The van der Waals surface area contributed by atoms with Gasteiger partial charge in [-0.2, -0.15) is 0 Å². The number of amides is 2. The van der Waals surface area contributed by atoms with Crippen LogP contribution in [0.4, 0.5) is 14.5 Å². The summed E-state index contributed by atoms with van der Waals surface area (Å²) in [5.74, 6) is -1.06. The monoisotopic (exact) mass is 426 g/mol. The predicted octanol–water partition coefficient (Wildman–Crippen LogP) is 4.52. The minimum absolute atomic E-state index is 0.00349. The number of nitrogens with one attached hydrogen (secondary N) is 2. The van der Waals surface area contributed by atoms with Crippen LogP contribution in [0.2, 0.25) is 0 Å². The smallest absolute Gasteiger partial charge is 0.254 e. The van der Waals surface area contributed by atoms with E-state index in [1.54, 1.807) is 43.5 Å². The Hall–Kier alpha value is -3.94. The second kappa shape index (κ2) is 10.2. The van der Waals surface area contributed by atoms with Gasteiger partial charge in [0.05, 0.1) is 12.7 Å². The molecule has 0 heterocycles. The quantitative estimate of drug-likeness (QED) is 0.555. The first-order valence-electron chi connectivity index (χ1n) is 9.40. The normalized spacial score (nSPS) is 10.3. The van der Waals surface area contributed by atoms with Gasteiger partial charge in [-0.05, 0) is 48.5 Å². The van der Waals surface area contributed by atoms with Gasteiger partial charge in [0.1, 0.15) is 17.4 Å². The third-order valence-corrected chi connectivity index (χ3v) is 4.25. The van der Waals surface area contributed by atoms with Crippen molar-refractivity contribution in [3.8, 4) is 17.2 Å². The van der Waals surface area contributed by atoms with Gasteiger partial charge in [0.2, 0.25) is 5.91 Å². The van der Waals surface area contributed by atoms with Crippen LogP contribution in [0.25, 0.3) is 0 Å². The molecule has 8 heteroatoms. The van der Waals surface area contributed by atoms with Crippen LogP contribution in [0.15, 0.2) is 66.7 Å². The van der Waals surface area contributed by atoms with E-state index >= 15 is 0 Å². The topological polar surface area (TPSA) is 76.7 Å². The SMILES string of the molecule is COc1ccccc1Oc1ccc(NC(=O)CCNC(=O)c2ccc(F)cc2F)cc1. The van der Waals surface area contributed by atoms with Crippen LogP contribution in [-0.2, 0) is 4.79 Å². The number of carbonyl (C=O) groups excluding carboxylic acids is 2. The van der Waals surface area contributed by atoms with Crippen molar-refractivity contribution in [2.24, 2.45) is 0 Å². The lowest BCUT2D eigenvalue weighted by Gasteiger charge is -2.11. The average molecular weight is 426 g/mol. The maximum absolute atomic E-state index is 13.6. The van der Waals surface area contributed by atoms with E-state index in [1.165, 1.54) is 0 Å². The van der Waals surface area contributed by atoms with Gasteiger partial charge in [0.15, 0.2) is 11.5 Å². The highest BCUT2D eigenvalue weighted by molar-refractivity contribution is 5.95. The molecule has 3 aromatic carbocycles. The van der Waals surface area contributed by atoms with E-state index in [1.807, 2.05) is 12.1 Å². The lowest BCUT2D eigenvalue weighted by atomic mass is 10.2. The Bertz CT molecular complexity index is 1070. The van der Waals surface area contributed by atoms with Crippen molar-refractivity contribution < 1.29 is 27.8 Å². The molecule has 0 aliphatic rings. The zero-order chi connectivity index (χ0) is 22.2. The minimum Gasteiger partial charge on any atom is -0.493 e. The molecule has 0 fully saturated rings. The van der Waals surface area contributed by atoms with E-state index in [0.29, 0.717) is 29.0 Å². The fraction of sp³-hybridized carbons (Fsp3) is 0.130. The molecular weight excluding hydrogens is 406 g/mol. The summed E-state index contributed by atoms with van der Waals surface area (Å²) in [6.45, 7) is -0.00349. The molecule has 0 radical (unpaired) electrons. The summed E-state index contributed by atoms with van der Waals surface area (Å²) in [5, 5.41) is 5.12. The van der Waals surface area contributed by atoms with E-state index in [0.717, 1.165) is 12.1 Å². The van der Waals surface area contributed by atoms with E-state index < -0.39 is 17.5 Å². The van der Waals surface area contributed by atoms with Crippen molar-refractivity contribution in [2.45, 2.75) is 6.42 Å². The Morgan fingerprint density at radius 1 is 0.935 bits per heavy atom. The number of anilines is 1. The van der Waals surface area contributed by atoms with E-state index in [2.05, 4.69) is 10.6 Å². The van der Waals surface area contributed by atoms with Crippen LogP contribution < -0.4 is 20.1 Å². The van der Waals surface area contributed by atoms with Gasteiger partial charge in [-0.3, -0.25) is 9.59 Å². The van der Waals surface area contributed by atoms with Crippen LogP contribution in [0.3, 0.4) is 0 Å². The van der Waals surface area contributed by atoms with Crippen molar-refractivity contribution in [3.63, 3.8) is 0 Å². The highest BCUT2D eigenvalue weighted by Crippen LogP contribution is 2.31. The first-order valence-corrected chi connectivity index (χ1v) is 9.40. The molecule has 160 valence electrons. The zero-order valence-electron chi connectivity index (χ0n) is 16.7. The van der Waals surface area contributed by atoms with Crippen LogP contribution in [-0.4, -0.2) is 25.5 Å². The van der Waals surface area contributed by atoms with Gasteiger partial charge in [-0.1, -0.05) is 12.1 Å². The van der Waals surface area contributed by atoms with Crippen LogP contribution in [0.1, 0.15) is 16.8 Å². The molecule has 0 saturated carbocycles. The molecular formula is C23H20F2N2O4. The highest BCUT2D eigenvalue weighted by Gasteiger charge is 2.13. The number of ether oxygens (including phenoxy) is 2. The molecule has 2 N–H and O–H groups in total. The number of rotatable bonds is 8. The summed E-state index contributed by atoms with van der Waals surface area (Å²) < 4.78 is 37.5. The summed E-state index contributed by atoms with van der Waals surface area (Å²) in [5.41, 5.74) is 0.265. The van der Waals surface area contributed by atoms with Gasteiger partial charge in [-0.15, -0.1) is 0 Å².